The van der Waals surface area contributed by atoms with Crippen LogP contribution in [0.5, 0.6) is 17.8 Å². The lowest BCUT2D eigenvalue weighted by Gasteiger charge is -2.11. The summed E-state index contributed by atoms with van der Waals surface area (Å²) in [5, 5.41) is 8.54. The molecular weight excluding hydrogens is 344 g/mol. The molecule has 0 radical (unpaired) electrons. The van der Waals surface area contributed by atoms with Gasteiger partial charge >= 0.3 is 6.01 Å². The molecule has 4 rings (SSSR count). The molecule has 7 heteroatoms. The molecule has 1 aliphatic rings. The molecule has 2 unspecified atom stereocenters. The Balaban J connectivity index is 1.70. The van der Waals surface area contributed by atoms with Gasteiger partial charge < -0.3 is 14.2 Å². The molecule has 2 atom stereocenters. The summed E-state index contributed by atoms with van der Waals surface area (Å²) in [6.45, 7) is 0. The number of hydrogen-bond donors (Lipinski definition) is 0. The topological polar surface area (TPSA) is 79.2 Å². The minimum Gasteiger partial charge on any atom is -0.480 e. The summed E-state index contributed by atoms with van der Waals surface area (Å²) in [5.41, 5.74) is 3.66. The van der Waals surface area contributed by atoms with Crippen LogP contribution in [0, 0.1) is 0 Å². The summed E-state index contributed by atoms with van der Waals surface area (Å²) in [7, 11) is 4.68. The van der Waals surface area contributed by atoms with Crippen LogP contribution in [0.4, 0.5) is 0 Å². The Kier molecular flexibility index (Phi) is 4.58. The van der Waals surface area contributed by atoms with Crippen LogP contribution in [0.25, 0.3) is 11.3 Å². The third-order valence-electron chi connectivity index (χ3n) is 4.78. The fraction of sp³-hybridized carbons (Fsp3) is 0.300. The minimum atomic E-state index is 0.239. The highest BCUT2D eigenvalue weighted by Gasteiger charge is 2.42. The van der Waals surface area contributed by atoms with Crippen LogP contribution in [-0.4, -0.2) is 41.5 Å². The second kappa shape index (κ2) is 7.19. The third kappa shape index (κ3) is 3.28. The summed E-state index contributed by atoms with van der Waals surface area (Å²) in [6, 6.07) is 12.7. The molecule has 2 aromatic heterocycles. The fourth-order valence-corrected chi connectivity index (χ4v) is 3.34. The first-order chi connectivity index (χ1) is 13.2. The smallest absolute Gasteiger partial charge is 0.319 e. The quantitative estimate of drug-likeness (QED) is 0.664. The largest absolute Gasteiger partial charge is 0.480 e. The number of nitrogens with zero attached hydrogens (tertiary/aromatic N) is 4. The van der Waals surface area contributed by atoms with Gasteiger partial charge in [-0.1, -0.05) is 30.3 Å². The maximum absolute atomic E-state index is 5.46. The van der Waals surface area contributed by atoms with Crippen LogP contribution in [-0.2, 0) is 0 Å². The van der Waals surface area contributed by atoms with Gasteiger partial charge in [-0.05, 0) is 29.9 Å². The standard InChI is InChI=1S/C20H20N4O3/c1-25-18-16(11-21-20(22-18)27-3)17-10-15(19(26-2)24-23-17)14-9-13(14)12-7-5-4-6-8-12/h4-8,10-11,13-14H,9H2,1-3H3. The number of benzene rings is 1. The van der Waals surface area contributed by atoms with Gasteiger partial charge in [0.1, 0.15) is 5.69 Å². The van der Waals surface area contributed by atoms with Crippen molar-refractivity contribution in [1.82, 2.24) is 20.2 Å². The van der Waals surface area contributed by atoms with E-state index in [0.29, 0.717) is 34.9 Å². The van der Waals surface area contributed by atoms with E-state index in [1.807, 2.05) is 12.1 Å². The highest BCUT2D eigenvalue weighted by Crippen LogP contribution is 2.56. The number of hydrogen-bond acceptors (Lipinski definition) is 7. The van der Waals surface area contributed by atoms with Crippen LogP contribution < -0.4 is 14.2 Å². The Bertz CT molecular complexity index is 949. The maximum Gasteiger partial charge on any atom is 0.319 e. The first kappa shape index (κ1) is 17.2. The van der Waals surface area contributed by atoms with Gasteiger partial charge in [-0.3, -0.25) is 0 Å². The van der Waals surface area contributed by atoms with Crippen molar-refractivity contribution in [3.8, 4) is 29.0 Å². The molecule has 1 fully saturated rings. The summed E-state index contributed by atoms with van der Waals surface area (Å²) < 4.78 is 15.9. The summed E-state index contributed by atoms with van der Waals surface area (Å²) in [5.74, 6) is 1.76. The molecule has 27 heavy (non-hydrogen) atoms. The molecular formula is C20H20N4O3. The molecule has 1 saturated carbocycles. The molecule has 7 nitrogen and oxygen atoms in total. The zero-order chi connectivity index (χ0) is 18.8. The van der Waals surface area contributed by atoms with E-state index >= 15 is 0 Å². The van der Waals surface area contributed by atoms with E-state index in [4.69, 9.17) is 14.2 Å². The van der Waals surface area contributed by atoms with E-state index in [-0.39, 0.29) is 6.01 Å². The van der Waals surface area contributed by atoms with Crippen LogP contribution >= 0.6 is 0 Å². The van der Waals surface area contributed by atoms with E-state index in [2.05, 4.69) is 44.4 Å². The lowest BCUT2D eigenvalue weighted by molar-refractivity contribution is 0.353. The molecule has 1 aliphatic carbocycles. The van der Waals surface area contributed by atoms with Crippen molar-refractivity contribution in [3.63, 3.8) is 0 Å². The van der Waals surface area contributed by atoms with Crippen molar-refractivity contribution < 1.29 is 14.2 Å². The average Bonchev–Trinajstić information content (AvgIpc) is 3.54. The van der Waals surface area contributed by atoms with Crippen molar-refractivity contribution in [2.45, 2.75) is 18.3 Å². The first-order valence-electron chi connectivity index (χ1n) is 8.67. The normalized spacial score (nSPS) is 18.0. The van der Waals surface area contributed by atoms with Crippen molar-refractivity contribution in [3.05, 3.63) is 53.7 Å². The van der Waals surface area contributed by atoms with Crippen molar-refractivity contribution >= 4 is 0 Å². The highest BCUT2D eigenvalue weighted by atomic mass is 16.5. The Morgan fingerprint density at radius 1 is 0.889 bits per heavy atom. The second-order valence-corrected chi connectivity index (χ2v) is 6.33. The minimum absolute atomic E-state index is 0.239. The van der Waals surface area contributed by atoms with Crippen LogP contribution in [0.3, 0.4) is 0 Å². The predicted molar refractivity (Wildman–Crippen MR) is 99.3 cm³/mol. The van der Waals surface area contributed by atoms with Crippen LogP contribution in [0.1, 0.15) is 29.4 Å². The molecule has 3 aromatic rings. The van der Waals surface area contributed by atoms with Crippen molar-refractivity contribution in [1.29, 1.82) is 0 Å². The molecule has 0 amide bonds. The predicted octanol–water partition coefficient (Wildman–Crippen LogP) is 3.23. The maximum atomic E-state index is 5.46. The third-order valence-corrected chi connectivity index (χ3v) is 4.78. The summed E-state index contributed by atoms with van der Waals surface area (Å²) in [4.78, 5) is 8.39. The number of aromatic nitrogens is 4. The number of rotatable bonds is 6. The van der Waals surface area contributed by atoms with Gasteiger partial charge in [-0.15, -0.1) is 10.2 Å². The summed E-state index contributed by atoms with van der Waals surface area (Å²) in [6.07, 6.45) is 2.69. The fourth-order valence-electron chi connectivity index (χ4n) is 3.34. The van der Waals surface area contributed by atoms with E-state index in [0.717, 1.165) is 12.0 Å². The highest BCUT2D eigenvalue weighted by molar-refractivity contribution is 5.65. The average molecular weight is 364 g/mol. The Hall–Kier alpha value is -3.22. The molecule has 0 aliphatic heterocycles. The Labute approximate surface area is 157 Å². The van der Waals surface area contributed by atoms with Gasteiger partial charge in [0.2, 0.25) is 11.8 Å². The van der Waals surface area contributed by atoms with E-state index in [1.54, 1.807) is 20.4 Å². The Morgan fingerprint density at radius 3 is 2.37 bits per heavy atom. The van der Waals surface area contributed by atoms with Gasteiger partial charge in [-0.25, -0.2) is 4.98 Å². The lowest BCUT2D eigenvalue weighted by atomic mass is 10.0. The molecule has 0 bridgehead atoms. The van der Waals surface area contributed by atoms with Crippen LogP contribution in [0.15, 0.2) is 42.6 Å². The van der Waals surface area contributed by atoms with E-state index < -0.39 is 0 Å². The molecule has 1 aromatic carbocycles. The molecule has 2 heterocycles. The zero-order valence-electron chi connectivity index (χ0n) is 15.4. The van der Waals surface area contributed by atoms with Crippen LogP contribution in [0.2, 0.25) is 0 Å². The van der Waals surface area contributed by atoms with Gasteiger partial charge in [-0.2, -0.15) is 4.98 Å². The molecule has 138 valence electrons. The molecule has 0 saturated heterocycles. The van der Waals surface area contributed by atoms with E-state index in [1.165, 1.54) is 12.7 Å². The van der Waals surface area contributed by atoms with Gasteiger partial charge in [0.15, 0.2) is 0 Å². The van der Waals surface area contributed by atoms with Crippen molar-refractivity contribution in [2.24, 2.45) is 0 Å². The van der Waals surface area contributed by atoms with Gasteiger partial charge in [0, 0.05) is 11.8 Å². The van der Waals surface area contributed by atoms with Gasteiger partial charge in [0.25, 0.3) is 0 Å². The number of ether oxygens (including phenoxy) is 3. The molecule has 0 spiro atoms. The summed E-state index contributed by atoms with van der Waals surface area (Å²) >= 11 is 0. The number of methoxy groups -OCH3 is 3. The Morgan fingerprint density at radius 2 is 1.67 bits per heavy atom. The second-order valence-electron chi connectivity index (χ2n) is 6.33. The molecule has 0 N–H and O–H groups in total. The van der Waals surface area contributed by atoms with Crippen molar-refractivity contribution in [2.75, 3.05) is 21.3 Å². The first-order valence-corrected chi connectivity index (χ1v) is 8.67. The zero-order valence-corrected chi connectivity index (χ0v) is 15.4. The lowest BCUT2D eigenvalue weighted by Crippen LogP contribution is -2.02. The SMILES string of the molecule is COc1ncc(-c2cc(C3CC3c3ccccc3)c(OC)nn2)c(OC)n1. The van der Waals surface area contributed by atoms with E-state index in [9.17, 15) is 0 Å². The monoisotopic (exact) mass is 364 g/mol. The van der Waals surface area contributed by atoms with Gasteiger partial charge in [0.05, 0.1) is 26.9 Å².